The van der Waals surface area contributed by atoms with Crippen LogP contribution in [0.15, 0.2) is 24.3 Å². The minimum absolute atomic E-state index is 0.225. The number of carbonyl (C=O) groups is 2. The number of rotatable bonds is 5. The predicted molar refractivity (Wildman–Crippen MR) is 83.8 cm³/mol. The van der Waals surface area contributed by atoms with Gasteiger partial charge in [-0.2, -0.15) is 0 Å². The number of benzene rings is 1. The SMILES string of the molecule is COC(=O)c1cccc(O[C@@H]2O[C@H](CO)[C@H](O)[C@H](O)[C@H]2NC(C)=O)c1. The van der Waals surface area contributed by atoms with Crippen molar-refractivity contribution in [1.29, 1.82) is 0 Å². The van der Waals surface area contributed by atoms with Gasteiger partial charge < -0.3 is 34.8 Å². The van der Waals surface area contributed by atoms with Crippen molar-refractivity contribution < 1.29 is 39.1 Å². The van der Waals surface area contributed by atoms with Crippen molar-refractivity contribution in [2.45, 2.75) is 37.6 Å². The van der Waals surface area contributed by atoms with Crippen LogP contribution in [0.25, 0.3) is 0 Å². The van der Waals surface area contributed by atoms with Crippen LogP contribution in [0.2, 0.25) is 0 Å². The lowest BCUT2D eigenvalue weighted by atomic mass is 9.97. The average molecular weight is 355 g/mol. The Morgan fingerprint density at radius 1 is 1.28 bits per heavy atom. The molecule has 4 N–H and O–H groups in total. The van der Waals surface area contributed by atoms with E-state index in [1.165, 1.54) is 26.2 Å². The van der Waals surface area contributed by atoms with Gasteiger partial charge in [0, 0.05) is 6.92 Å². The highest BCUT2D eigenvalue weighted by Gasteiger charge is 2.46. The lowest BCUT2D eigenvalue weighted by Crippen LogP contribution is -2.65. The molecular formula is C16H21NO8. The van der Waals surface area contributed by atoms with Crippen LogP contribution in [0.4, 0.5) is 0 Å². The maximum Gasteiger partial charge on any atom is 0.337 e. The molecule has 0 bridgehead atoms. The topological polar surface area (TPSA) is 135 Å². The fraction of sp³-hybridized carbons (Fsp3) is 0.500. The number of nitrogens with one attached hydrogen (secondary N) is 1. The number of hydrogen-bond donors (Lipinski definition) is 4. The first-order valence-corrected chi connectivity index (χ1v) is 7.62. The van der Waals surface area contributed by atoms with Crippen molar-refractivity contribution >= 4 is 11.9 Å². The molecule has 0 saturated carbocycles. The van der Waals surface area contributed by atoms with E-state index in [1.807, 2.05) is 0 Å². The molecule has 0 aromatic heterocycles. The summed E-state index contributed by atoms with van der Waals surface area (Å²) in [5.74, 6) is -0.792. The first-order valence-electron chi connectivity index (χ1n) is 7.62. The molecule has 2 rings (SSSR count). The highest BCUT2D eigenvalue weighted by Crippen LogP contribution is 2.25. The molecule has 0 unspecified atom stereocenters. The number of aliphatic hydroxyl groups is 3. The van der Waals surface area contributed by atoms with E-state index in [-0.39, 0.29) is 11.3 Å². The Morgan fingerprint density at radius 2 is 2.00 bits per heavy atom. The third-order valence-electron chi connectivity index (χ3n) is 3.76. The molecule has 0 radical (unpaired) electrons. The van der Waals surface area contributed by atoms with Gasteiger partial charge in [-0.25, -0.2) is 4.79 Å². The van der Waals surface area contributed by atoms with E-state index in [0.717, 1.165) is 0 Å². The average Bonchev–Trinajstić information content (AvgIpc) is 2.60. The van der Waals surface area contributed by atoms with Gasteiger partial charge in [0.2, 0.25) is 12.2 Å². The zero-order chi connectivity index (χ0) is 18.6. The molecule has 1 saturated heterocycles. The van der Waals surface area contributed by atoms with E-state index in [9.17, 15) is 24.9 Å². The fourth-order valence-corrected chi connectivity index (χ4v) is 2.52. The van der Waals surface area contributed by atoms with Gasteiger partial charge in [0.05, 0.1) is 19.3 Å². The van der Waals surface area contributed by atoms with Crippen molar-refractivity contribution in [2.24, 2.45) is 0 Å². The third-order valence-corrected chi connectivity index (χ3v) is 3.76. The van der Waals surface area contributed by atoms with Crippen molar-refractivity contribution in [1.82, 2.24) is 5.32 Å². The first kappa shape index (κ1) is 19.1. The molecule has 1 heterocycles. The monoisotopic (exact) mass is 355 g/mol. The number of carbonyl (C=O) groups excluding carboxylic acids is 2. The Labute approximate surface area is 144 Å². The van der Waals surface area contributed by atoms with Gasteiger partial charge in [-0.3, -0.25) is 4.79 Å². The zero-order valence-corrected chi connectivity index (χ0v) is 13.8. The van der Waals surface area contributed by atoms with Crippen molar-refractivity contribution in [3.05, 3.63) is 29.8 Å². The number of esters is 1. The quantitative estimate of drug-likeness (QED) is 0.484. The lowest BCUT2D eigenvalue weighted by molar-refractivity contribution is -0.244. The minimum Gasteiger partial charge on any atom is -0.465 e. The minimum atomic E-state index is -1.41. The smallest absolute Gasteiger partial charge is 0.337 e. The maximum absolute atomic E-state index is 11.6. The molecule has 9 heteroatoms. The van der Waals surface area contributed by atoms with E-state index in [4.69, 9.17) is 9.47 Å². The summed E-state index contributed by atoms with van der Waals surface area (Å²) in [5.41, 5.74) is 0.242. The highest BCUT2D eigenvalue weighted by molar-refractivity contribution is 5.89. The predicted octanol–water partition coefficient (Wildman–Crippen LogP) is -1.20. The molecule has 1 aromatic carbocycles. The van der Waals surface area contributed by atoms with Crippen molar-refractivity contribution in [3.63, 3.8) is 0 Å². The van der Waals surface area contributed by atoms with Crippen LogP contribution in [-0.4, -0.2) is 71.6 Å². The Bertz CT molecular complexity index is 622. The summed E-state index contributed by atoms with van der Waals surface area (Å²) in [6.07, 6.45) is -5.09. The van der Waals surface area contributed by atoms with E-state index in [0.29, 0.717) is 0 Å². The third kappa shape index (κ3) is 4.45. The number of hydrogen-bond acceptors (Lipinski definition) is 8. The summed E-state index contributed by atoms with van der Waals surface area (Å²) in [6, 6.07) is 4.97. The van der Waals surface area contributed by atoms with Gasteiger partial charge in [0.15, 0.2) is 0 Å². The second-order valence-electron chi connectivity index (χ2n) is 5.57. The van der Waals surface area contributed by atoms with Crippen LogP contribution in [0.3, 0.4) is 0 Å². The van der Waals surface area contributed by atoms with Gasteiger partial charge in [0.25, 0.3) is 0 Å². The Balaban J connectivity index is 2.24. The molecular weight excluding hydrogens is 334 g/mol. The largest absolute Gasteiger partial charge is 0.465 e. The molecule has 1 fully saturated rings. The number of amides is 1. The molecule has 0 spiro atoms. The Hall–Kier alpha value is -2.20. The number of aliphatic hydroxyl groups excluding tert-OH is 3. The normalized spacial score (nSPS) is 28.9. The molecule has 0 aliphatic carbocycles. The molecule has 25 heavy (non-hydrogen) atoms. The van der Waals surface area contributed by atoms with Gasteiger partial charge in [0.1, 0.15) is 30.1 Å². The van der Waals surface area contributed by atoms with Crippen molar-refractivity contribution in [2.75, 3.05) is 13.7 Å². The van der Waals surface area contributed by atoms with Crippen LogP contribution in [0.1, 0.15) is 17.3 Å². The van der Waals surface area contributed by atoms with Gasteiger partial charge in [-0.1, -0.05) is 6.07 Å². The summed E-state index contributed by atoms with van der Waals surface area (Å²) < 4.78 is 15.7. The standard InChI is InChI=1S/C16H21NO8/c1-8(19)17-12-14(21)13(20)11(7-18)25-16(12)24-10-5-3-4-9(6-10)15(22)23-2/h3-6,11-14,16,18,20-21H,7H2,1-2H3,(H,17,19)/t11-,12-,13+,14-,16-/m1/s1. The van der Waals surface area contributed by atoms with E-state index in [2.05, 4.69) is 10.1 Å². The fourth-order valence-electron chi connectivity index (χ4n) is 2.52. The van der Waals surface area contributed by atoms with E-state index >= 15 is 0 Å². The van der Waals surface area contributed by atoms with Crippen LogP contribution < -0.4 is 10.1 Å². The van der Waals surface area contributed by atoms with Gasteiger partial charge in [-0.15, -0.1) is 0 Å². The molecule has 1 aliphatic rings. The number of ether oxygens (including phenoxy) is 3. The molecule has 1 aliphatic heterocycles. The molecule has 1 amide bonds. The Kier molecular flexibility index (Phi) is 6.32. The molecule has 138 valence electrons. The van der Waals surface area contributed by atoms with Gasteiger partial charge in [-0.05, 0) is 18.2 Å². The van der Waals surface area contributed by atoms with Crippen LogP contribution >= 0.6 is 0 Å². The lowest BCUT2D eigenvalue weighted by Gasteiger charge is -2.42. The van der Waals surface area contributed by atoms with E-state index < -0.39 is 49.1 Å². The summed E-state index contributed by atoms with van der Waals surface area (Å²) >= 11 is 0. The van der Waals surface area contributed by atoms with Crippen LogP contribution in [-0.2, 0) is 14.3 Å². The van der Waals surface area contributed by atoms with Gasteiger partial charge >= 0.3 is 5.97 Å². The number of methoxy groups -OCH3 is 1. The molecule has 5 atom stereocenters. The molecule has 9 nitrogen and oxygen atoms in total. The van der Waals surface area contributed by atoms with Crippen molar-refractivity contribution in [3.8, 4) is 5.75 Å². The summed E-state index contributed by atoms with van der Waals surface area (Å²) in [7, 11) is 1.25. The second kappa shape index (κ2) is 8.26. The summed E-state index contributed by atoms with van der Waals surface area (Å²) in [4.78, 5) is 23.0. The van der Waals surface area contributed by atoms with Crippen LogP contribution in [0.5, 0.6) is 5.75 Å². The Morgan fingerprint density at radius 3 is 2.60 bits per heavy atom. The highest BCUT2D eigenvalue weighted by atomic mass is 16.7. The maximum atomic E-state index is 11.6. The summed E-state index contributed by atoms with van der Waals surface area (Å²) in [6.45, 7) is 0.694. The molecule has 1 aromatic rings. The summed E-state index contributed by atoms with van der Waals surface area (Å²) in [5, 5.41) is 31.9. The zero-order valence-electron chi connectivity index (χ0n) is 13.8. The first-order chi connectivity index (χ1) is 11.9. The van der Waals surface area contributed by atoms with E-state index in [1.54, 1.807) is 12.1 Å². The van der Waals surface area contributed by atoms with Crippen LogP contribution in [0, 0.1) is 0 Å². The second-order valence-corrected chi connectivity index (χ2v) is 5.57.